The lowest BCUT2D eigenvalue weighted by atomic mass is 10.1. The predicted molar refractivity (Wildman–Crippen MR) is 73.4 cm³/mol. The fourth-order valence-corrected chi connectivity index (χ4v) is 1.84. The normalized spacial score (nSPS) is 12.6. The first-order valence-corrected chi connectivity index (χ1v) is 6.76. The van der Waals surface area contributed by atoms with Crippen LogP contribution in [0.15, 0.2) is 24.3 Å². The molecule has 2 nitrogen and oxygen atoms in total. The zero-order valence-corrected chi connectivity index (χ0v) is 11.2. The molecule has 0 radical (unpaired) electrons. The van der Waals surface area contributed by atoms with Crippen molar-refractivity contribution in [1.82, 2.24) is 5.32 Å². The highest BCUT2D eigenvalue weighted by molar-refractivity contribution is 6.30. The number of benzene rings is 1. The van der Waals surface area contributed by atoms with Gasteiger partial charge in [-0.3, -0.25) is 0 Å². The maximum Gasteiger partial charge on any atom is 0.0914 e. The van der Waals surface area contributed by atoms with Crippen molar-refractivity contribution in [2.24, 2.45) is 0 Å². The zero-order valence-electron chi connectivity index (χ0n) is 10.5. The summed E-state index contributed by atoms with van der Waals surface area (Å²) in [6, 6.07) is 7.35. The van der Waals surface area contributed by atoms with Gasteiger partial charge >= 0.3 is 0 Å². The Morgan fingerprint density at radius 2 is 1.88 bits per heavy atom. The third-order valence-corrected chi connectivity index (χ3v) is 3.05. The predicted octanol–water partition coefficient (Wildman–Crippen LogP) is 3.54. The van der Waals surface area contributed by atoms with E-state index in [2.05, 4.69) is 12.2 Å². The topological polar surface area (TPSA) is 32.3 Å². The van der Waals surface area contributed by atoms with Gasteiger partial charge in [0, 0.05) is 11.6 Å². The van der Waals surface area contributed by atoms with Gasteiger partial charge in [-0.25, -0.2) is 0 Å². The maximum atomic E-state index is 9.91. The first-order valence-electron chi connectivity index (χ1n) is 6.38. The van der Waals surface area contributed by atoms with Crippen LogP contribution in [0, 0.1) is 0 Å². The SMILES string of the molecule is CCCCCCNCC(O)c1ccc(Cl)cc1. The minimum atomic E-state index is -0.446. The second-order valence-corrected chi connectivity index (χ2v) is 4.77. The number of nitrogens with one attached hydrogen (secondary N) is 1. The lowest BCUT2D eigenvalue weighted by Crippen LogP contribution is -2.22. The molecule has 1 rings (SSSR count). The Bertz CT molecular complexity index is 300. The summed E-state index contributed by atoms with van der Waals surface area (Å²) in [4.78, 5) is 0. The van der Waals surface area contributed by atoms with Crippen LogP contribution in [-0.4, -0.2) is 18.2 Å². The molecule has 0 bridgehead atoms. The summed E-state index contributed by atoms with van der Waals surface area (Å²) < 4.78 is 0. The standard InChI is InChI=1S/C14H22ClNO/c1-2-3-4-5-10-16-11-14(17)12-6-8-13(15)9-7-12/h6-9,14,16-17H,2-5,10-11H2,1H3. The molecule has 0 aliphatic carbocycles. The number of aliphatic hydroxyl groups excluding tert-OH is 1. The number of hydrogen-bond donors (Lipinski definition) is 2. The lowest BCUT2D eigenvalue weighted by Gasteiger charge is -2.12. The molecule has 0 aliphatic heterocycles. The smallest absolute Gasteiger partial charge is 0.0914 e. The quantitative estimate of drug-likeness (QED) is 0.697. The first kappa shape index (κ1) is 14.5. The second-order valence-electron chi connectivity index (χ2n) is 4.33. The van der Waals surface area contributed by atoms with E-state index in [0.29, 0.717) is 11.6 Å². The van der Waals surface area contributed by atoms with E-state index in [1.807, 2.05) is 12.1 Å². The summed E-state index contributed by atoms with van der Waals surface area (Å²) in [5, 5.41) is 13.9. The molecule has 1 aromatic rings. The third kappa shape index (κ3) is 6.06. The van der Waals surface area contributed by atoms with Crippen LogP contribution in [0.25, 0.3) is 0 Å². The van der Waals surface area contributed by atoms with Gasteiger partial charge in [0.2, 0.25) is 0 Å². The number of rotatable bonds is 8. The van der Waals surface area contributed by atoms with E-state index in [0.717, 1.165) is 12.1 Å². The summed E-state index contributed by atoms with van der Waals surface area (Å²) >= 11 is 5.79. The molecule has 96 valence electrons. The van der Waals surface area contributed by atoms with Gasteiger partial charge < -0.3 is 10.4 Å². The lowest BCUT2D eigenvalue weighted by molar-refractivity contribution is 0.174. The highest BCUT2D eigenvalue weighted by atomic mass is 35.5. The number of halogens is 1. The van der Waals surface area contributed by atoms with Crippen LogP contribution < -0.4 is 5.32 Å². The molecule has 0 saturated heterocycles. The molecule has 0 aromatic heterocycles. The molecule has 1 atom stereocenters. The van der Waals surface area contributed by atoms with E-state index in [4.69, 9.17) is 11.6 Å². The van der Waals surface area contributed by atoms with E-state index in [1.54, 1.807) is 12.1 Å². The van der Waals surface area contributed by atoms with Gasteiger partial charge in [0.05, 0.1) is 6.10 Å². The molecule has 17 heavy (non-hydrogen) atoms. The molecular formula is C14H22ClNO. The van der Waals surface area contributed by atoms with Gasteiger partial charge in [-0.05, 0) is 30.7 Å². The molecule has 0 aliphatic rings. The molecule has 2 N–H and O–H groups in total. The number of hydrogen-bond acceptors (Lipinski definition) is 2. The van der Waals surface area contributed by atoms with Crippen LogP contribution >= 0.6 is 11.6 Å². The molecule has 3 heteroatoms. The Labute approximate surface area is 109 Å². The molecule has 1 unspecified atom stereocenters. The van der Waals surface area contributed by atoms with Gasteiger partial charge in [-0.2, -0.15) is 0 Å². The molecule has 0 spiro atoms. The van der Waals surface area contributed by atoms with Crippen LogP contribution in [0.5, 0.6) is 0 Å². The van der Waals surface area contributed by atoms with E-state index >= 15 is 0 Å². The Morgan fingerprint density at radius 3 is 2.53 bits per heavy atom. The van der Waals surface area contributed by atoms with Crippen molar-refractivity contribution in [2.45, 2.75) is 38.7 Å². The van der Waals surface area contributed by atoms with Crippen LogP contribution in [0.4, 0.5) is 0 Å². The molecule has 0 saturated carbocycles. The zero-order chi connectivity index (χ0) is 12.5. The Balaban J connectivity index is 2.16. The Hall–Kier alpha value is -0.570. The highest BCUT2D eigenvalue weighted by Crippen LogP contribution is 2.15. The molecule has 0 fully saturated rings. The Kier molecular flexibility index (Phi) is 7.25. The summed E-state index contributed by atoms with van der Waals surface area (Å²) in [5.74, 6) is 0. The van der Waals surface area contributed by atoms with E-state index in [1.165, 1.54) is 25.7 Å². The van der Waals surface area contributed by atoms with Gasteiger partial charge in [-0.15, -0.1) is 0 Å². The fourth-order valence-electron chi connectivity index (χ4n) is 1.72. The fraction of sp³-hybridized carbons (Fsp3) is 0.571. The number of unbranched alkanes of at least 4 members (excludes halogenated alkanes) is 3. The van der Waals surface area contributed by atoms with Crippen molar-refractivity contribution in [2.75, 3.05) is 13.1 Å². The average Bonchev–Trinajstić information content (AvgIpc) is 2.34. The first-order chi connectivity index (χ1) is 8.24. The van der Waals surface area contributed by atoms with Crippen LogP contribution in [0.1, 0.15) is 44.3 Å². The molecular weight excluding hydrogens is 234 g/mol. The maximum absolute atomic E-state index is 9.91. The van der Waals surface area contributed by atoms with Crippen LogP contribution in [0.3, 0.4) is 0 Å². The largest absolute Gasteiger partial charge is 0.387 e. The molecule has 0 heterocycles. The Morgan fingerprint density at radius 1 is 1.18 bits per heavy atom. The highest BCUT2D eigenvalue weighted by Gasteiger charge is 2.05. The summed E-state index contributed by atoms with van der Waals surface area (Å²) in [6.07, 6.45) is 4.55. The van der Waals surface area contributed by atoms with Crippen molar-refractivity contribution in [3.8, 4) is 0 Å². The van der Waals surface area contributed by atoms with E-state index in [-0.39, 0.29) is 0 Å². The van der Waals surface area contributed by atoms with Crippen molar-refractivity contribution >= 4 is 11.6 Å². The van der Waals surface area contributed by atoms with Gasteiger partial charge in [0.15, 0.2) is 0 Å². The van der Waals surface area contributed by atoms with E-state index in [9.17, 15) is 5.11 Å². The summed E-state index contributed by atoms with van der Waals surface area (Å²) in [5.41, 5.74) is 0.912. The minimum absolute atomic E-state index is 0.446. The minimum Gasteiger partial charge on any atom is -0.387 e. The summed E-state index contributed by atoms with van der Waals surface area (Å²) in [7, 11) is 0. The van der Waals surface area contributed by atoms with Gasteiger partial charge in [-0.1, -0.05) is 49.9 Å². The van der Waals surface area contributed by atoms with Crippen molar-refractivity contribution in [3.05, 3.63) is 34.9 Å². The van der Waals surface area contributed by atoms with Crippen molar-refractivity contribution in [1.29, 1.82) is 0 Å². The van der Waals surface area contributed by atoms with Gasteiger partial charge in [0.25, 0.3) is 0 Å². The van der Waals surface area contributed by atoms with Crippen LogP contribution in [0.2, 0.25) is 5.02 Å². The second kappa shape index (κ2) is 8.51. The van der Waals surface area contributed by atoms with Crippen LogP contribution in [-0.2, 0) is 0 Å². The average molecular weight is 256 g/mol. The third-order valence-electron chi connectivity index (χ3n) is 2.80. The van der Waals surface area contributed by atoms with Crippen molar-refractivity contribution in [3.63, 3.8) is 0 Å². The molecule has 1 aromatic carbocycles. The monoisotopic (exact) mass is 255 g/mol. The summed E-state index contributed by atoms with van der Waals surface area (Å²) in [6.45, 7) is 3.79. The number of aliphatic hydroxyl groups is 1. The molecule has 0 amide bonds. The van der Waals surface area contributed by atoms with E-state index < -0.39 is 6.10 Å². The van der Waals surface area contributed by atoms with Gasteiger partial charge in [0.1, 0.15) is 0 Å². The van der Waals surface area contributed by atoms with Crippen molar-refractivity contribution < 1.29 is 5.11 Å².